The molecule has 0 atom stereocenters. The van der Waals surface area contributed by atoms with Crippen molar-refractivity contribution in [3.05, 3.63) is 90.1 Å². The number of nitrogens with zero attached hydrogens (tertiary/aromatic N) is 2. The number of nitrogens with one attached hydrogen (secondary N) is 1. The molecule has 0 aliphatic carbocycles. The minimum absolute atomic E-state index is 0.103. The Hall–Kier alpha value is -3.31. The molecular formula is C27H25N3OS. The van der Waals surface area contributed by atoms with Gasteiger partial charge < -0.3 is 9.62 Å². The maximum atomic E-state index is 13.0. The Labute approximate surface area is 192 Å². The molecule has 4 aromatic rings. The molecule has 1 aliphatic rings. The topological polar surface area (TPSA) is 45.2 Å². The predicted octanol–water partition coefficient (Wildman–Crippen LogP) is 6.71. The fraction of sp³-hybridized carbons (Fsp3) is 0.185. The highest BCUT2D eigenvalue weighted by molar-refractivity contribution is 8.00. The van der Waals surface area contributed by atoms with E-state index in [4.69, 9.17) is 0 Å². The van der Waals surface area contributed by atoms with Crippen LogP contribution in [0, 0.1) is 6.92 Å². The molecule has 1 aliphatic heterocycles. The number of hydrogen-bond acceptors (Lipinski definition) is 4. The Morgan fingerprint density at radius 3 is 2.66 bits per heavy atom. The fourth-order valence-corrected chi connectivity index (χ4v) is 5.11. The van der Waals surface area contributed by atoms with E-state index in [-0.39, 0.29) is 5.91 Å². The number of aromatic nitrogens is 1. The number of fused-ring (bicyclic) bond motifs is 1. The van der Waals surface area contributed by atoms with Crippen LogP contribution in [0.15, 0.2) is 79.0 Å². The lowest BCUT2D eigenvalue weighted by atomic mass is 10.0. The van der Waals surface area contributed by atoms with Gasteiger partial charge in [-0.3, -0.25) is 9.78 Å². The maximum Gasteiger partial charge on any atom is 0.255 e. The van der Waals surface area contributed by atoms with Gasteiger partial charge in [-0.15, -0.1) is 0 Å². The van der Waals surface area contributed by atoms with Gasteiger partial charge in [0, 0.05) is 46.4 Å². The van der Waals surface area contributed by atoms with E-state index in [0.717, 1.165) is 51.3 Å². The third-order valence-electron chi connectivity index (χ3n) is 5.85. The van der Waals surface area contributed by atoms with E-state index in [1.165, 1.54) is 12.8 Å². The van der Waals surface area contributed by atoms with E-state index in [2.05, 4.69) is 32.8 Å². The van der Waals surface area contributed by atoms with Crippen LogP contribution in [-0.2, 0) is 0 Å². The summed E-state index contributed by atoms with van der Waals surface area (Å²) in [6.45, 7) is 3.07. The van der Waals surface area contributed by atoms with Crippen molar-refractivity contribution in [1.82, 2.24) is 4.98 Å². The number of pyridine rings is 1. The summed E-state index contributed by atoms with van der Waals surface area (Å²) in [5, 5.41) is 5.35. The number of amides is 1. The van der Waals surface area contributed by atoms with Crippen LogP contribution < -0.4 is 9.62 Å². The predicted molar refractivity (Wildman–Crippen MR) is 135 cm³/mol. The molecule has 0 radical (unpaired) electrons. The largest absolute Gasteiger partial charge is 0.322 e. The van der Waals surface area contributed by atoms with Crippen molar-refractivity contribution in [3.63, 3.8) is 0 Å². The molecule has 32 heavy (non-hydrogen) atoms. The molecule has 1 N–H and O–H groups in total. The van der Waals surface area contributed by atoms with Crippen LogP contribution in [0.5, 0.6) is 0 Å². The third-order valence-corrected chi connectivity index (χ3v) is 7.03. The molecule has 0 unspecified atom stereocenters. The van der Waals surface area contributed by atoms with Crippen LogP contribution in [0.25, 0.3) is 22.0 Å². The minimum atomic E-state index is -0.103. The normalized spacial score (nSPS) is 13.8. The summed E-state index contributed by atoms with van der Waals surface area (Å²) in [5.41, 5.74) is 5.54. The van der Waals surface area contributed by atoms with Crippen LogP contribution >= 0.6 is 11.9 Å². The number of aryl methyl sites for hydroxylation is 1. The molecule has 5 heteroatoms. The Morgan fingerprint density at radius 2 is 1.84 bits per heavy atom. The zero-order chi connectivity index (χ0) is 21.9. The minimum Gasteiger partial charge on any atom is -0.322 e. The van der Waals surface area contributed by atoms with E-state index < -0.39 is 0 Å². The first-order chi connectivity index (χ1) is 15.7. The quantitative estimate of drug-likeness (QED) is 0.359. The lowest BCUT2D eigenvalue weighted by Crippen LogP contribution is -2.21. The van der Waals surface area contributed by atoms with Gasteiger partial charge in [-0.1, -0.05) is 36.4 Å². The molecule has 0 bridgehead atoms. The second-order valence-electron chi connectivity index (χ2n) is 8.05. The molecule has 4 nitrogen and oxygen atoms in total. The van der Waals surface area contributed by atoms with Gasteiger partial charge in [-0.05, 0) is 79.1 Å². The summed E-state index contributed by atoms with van der Waals surface area (Å²) >= 11 is 1.86. The first-order valence-corrected chi connectivity index (χ1v) is 11.9. The Kier molecular flexibility index (Phi) is 5.82. The van der Waals surface area contributed by atoms with Crippen molar-refractivity contribution in [2.24, 2.45) is 0 Å². The summed E-state index contributed by atoms with van der Waals surface area (Å²) in [5.74, 6) is 1.05. The van der Waals surface area contributed by atoms with Gasteiger partial charge in [-0.25, -0.2) is 0 Å². The van der Waals surface area contributed by atoms with Crippen molar-refractivity contribution in [1.29, 1.82) is 0 Å². The van der Waals surface area contributed by atoms with Crippen LogP contribution in [0.3, 0.4) is 0 Å². The van der Waals surface area contributed by atoms with Gasteiger partial charge in [0.2, 0.25) is 0 Å². The molecule has 1 saturated heterocycles. The summed E-state index contributed by atoms with van der Waals surface area (Å²) < 4.78 is 2.32. The number of anilines is 2. The van der Waals surface area contributed by atoms with Gasteiger partial charge in [-0.2, -0.15) is 0 Å². The Bertz CT molecular complexity index is 1260. The van der Waals surface area contributed by atoms with Crippen molar-refractivity contribution in [2.45, 2.75) is 19.8 Å². The lowest BCUT2D eigenvalue weighted by Gasteiger charge is -2.27. The van der Waals surface area contributed by atoms with E-state index in [1.807, 2.05) is 79.7 Å². The first-order valence-electron chi connectivity index (χ1n) is 11.0. The van der Waals surface area contributed by atoms with Crippen LogP contribution in [0.2, 0.25) is 0 Å². The average Bonchev–Trinajstić information content (AvgIpc) is 2.86. The van der Waals surface area contributed by atoms with E-state index in [0.29, 0.717) is 5.56 Å². The number of carbonyl (C=O) groups is 1. The molecular weight excluding hydrogens is 414 g/mol. The standard InChI is InChI=1S/C27H25N3OS/c1-19-8-9-22(26-24-7-3-2-6-20(24)14-15-28-26)18-25(19)29-27(31)21-10-12-23(13-11-21)30-16-4-5-17-32-30/h2-3,6-15,18H,4-5,16-17H2,1H3,(H,29,31). The van der Waals surface area contributed by atoms with Crippen molar-refractivity contribution in [2.75, 3.05) is 21.9 Å². The Morgan fingerprint density at radius 1 is 1.00 bits per heavy atom. The second-order valence-corrected chi connectivity index (χ2v) is 9.16. The molecule has 1 aromatic heterocycles. The smallest absolute Gasteiger partial charge is 0.255 e. The maximum absolute atomic E-state index is 13.0. The number of benzene rings is 3. The molecule has 160 valence electrons. The lowest BCUT2D eigenvalue weighted by molar-refractivity contribution is 0.102. The monoisotopic (exact) mass is 439 g/mol. The number of rotatable bonds is 4. The molecule has 3 aromatic carbocycles. The Balaban J connectivity index is 1.39. The SMILES string of the molecule is Cc1ccc(-c2nccc3ccccc23)cc1NC(=O)c1ccc(N2CCCCS2)cc1. The highest BCUT2D eigenvalue weighted by Crippen LogP contribution is 2.30. The van der Waals surface area contributed by atoms with E-state index in [9.17, 15) is 4.79 Å². The molecule has 0 spiro atoms. The van der Waals surface area contributed by atoms with Gasteiger partial charge in [0.25, 0.3) is 5.91 Å². The molecule has 0 saturated carbocycles. The van der Waals surface area contributed by atoms with Gasteiger partial charge in [0.05, 0.1) is 5.69 Å². The summed E-state index contributed by atoms with van der Waals surface area (Å²) in [6, 6.07) is 24.2. The highest BCUT2D eigenvalue weighted by Gasteiger charge is 2.14. The zero-order valence-corrected chi connectivity index (χ0v) is 18.9. The zero-order valence-electron chi connectivity index (χ0n) is 18.0. The third kappa shape index (κ3) is 4.21. The molecule has 1 amide bonds. The molecule has 2 heterocycles. The molecule has 5 rings (SSSR count). The van der Waals surface area contributed by atoms with Crippen LogP contribution in [0.4, 0.5) is 11.4 Å². The van der Waals surface area contributed by atoms with Crippen molar-refractivity contribution in [3.8, 4) is 11.3 Å². The van der Waals surface area contributed by atoms with Gasteiger partial charge in [0.15, 0.2) is 0 Å². The molecule has 1 fully saturated rings. The van der Waals surface area contributed by atoms with Gasteiger partial charge in [0.1, 0.15) is 0 Å². The van der Waals surface area contributed by atoms with E-state index >= 15 is 0 Å². The summed E-state index contributed by atoms with van der Waals surface area (Å²) in [7, 11) is 0. The number of hydrogen-bond donors (Lipinski definition) is 1. The number of carbonyl (C=O) groups excluding carboxylic acids is 1. The second kappa shape index (κ2) is 9.05. The van der Waals surface area contributed by atoms with Crippen LogP contribution in [0.1, 0.15) is 28.8 Å². The highest BCUT2D eigenvalue weighted by atomic mass is 32.2. The average molecular weight is 440 g/mol. The van der Waals surface area contributed by atoms with Crippen molar-refractivity contribution >= 4 is 40.0 Å². The summed E-state index contributed by atoms with van der Waals surface area (Å²) in [6.07, 6.45) is 4.32. The fourth-order valence-electron chi connectivity index (χ4n) is 4.03. The van der Waals surface area contributed by atoms with E-state index in [1.54, 1.807) is 0 Å². The van der Waals surface area contributed by atoms with Crippen LogP contribution in [-0.4, -0.2) is 23.2 Å². The summed E-state index contributed by atoms with van der Waals surface area (Å²) in [4.78, 5) is 17.6. The van der Waals surface area contributed by atoms with Gasteiger partial charge >= 0.3 is 0 Å². The first kappa shape index (κ1) is 20.6. The van der Waals surface area contributed by atoms with Crippen molar-refractivity contribution < 1.29 is 4.79 Å².